The molecule has 1 atom stereocenters. The second kappa shape index (κ2) is 11.9. The van der Waals surface area contributed by atoms with Gasteiger partial charge in [-0.3, -0.25) is 4.99 Å². The molecule has 0 fully saturated rings. The molecule has 0 aliphatic heterocycles. The van der Waals surface area contributed by atoms with Crippen LogP contribution in [0.25, 0.3) is 0 Å². The fourth-order valence-electron chi connectivity index (χ4n) is 2.36. The number of ether oxygens (including phenoxy) is 1. The second-order valence-electron chi connectivity index (χ2n) is 6.42. The number of nitrogens with one attached hydrogen (secondary N) is 2. The van der Waals surface area contributed by atoms with Gasteiger partial charge in [-0.05, 0) is 31.5 Å². The van der Waals surface area contributed by atoms with Crippen LogP contribution in [0.2, 0.25) is 0 Å². The van der Waals surface area contributed by atoms with Crippen molar-refractivity contribution in [3.05, 3.63) is 54.0 Å². The third-order valence-corrected chi connectivity index (χ3v) is 4.81. The third-order valence-electron chi connectivity index (χ3n) is 3.84. The number of pyridine rings is 1. The lowest BCUT2D eigenvalue weighted by atomic mass is 10.2. The van der Waals surface area contributed by atoms with Crippen molar-refractivity contribution in [2.75, 3.05) is 19.1 Å². The van der Waals surface area contributed by atoms with Crippen LogP contribution in [-0.4, -0.2) is 44.5 Å². The molecule has 1 unspecified atom stereocenters. The minimum absolute atomic E-state index is 0. The molecular formula is C19H26FIN4O3S. The minimum Gasteiger partial charge on any atom is -0.439 e. The van der Waals surface area contributed by atoms with Crippen LogP contribution in [0.5, 0.6) is 11.6 Å². The fraction of sp³-hybridized carbons (Fsp3) is 0.368. The highest BCUT2D eigenvalue weighted by molar-refractivity contribution is 14.0. The summed E-state index contributed by atoms with van der Waals surface area (Å²) in [5.74, 6) is 0.965. The van der Waals surface area contributed by atoms with E-state index in [0.29, 0.717) is 30.6 Å². The predicted molar refractivity (Wildman–Crippen MR) is 123 cm³/mol. The maximum absolute atomic E-state index is 13.4. The van der Waals surface area contributed by atoms with Gasteiger partial charge in [0.15, 0.2) is 5.96 Å². The van der Waals surface area contributed by atoms with Gasteiger partial charge in [-0.2, -0.15) is 0 Å². The van der Waals surface area contributed by atoms with Crippen LogP contribution in [0.4, 0.5) is 4.39 Å². The Kier molecular flexibility index (Phi) is 10.3. The molecule has 7 nitrogen and oxygen atoms in total. The second-order valence-corrected chi connectivity index (χ2v) is 8.68. The summed E-state index contributed by atoms with van der Waals surface area (Å²) in [5.41, 5.74) is 0.763. The molecule has 0 saturated heterocycles. The van der Waals surface area contributed by atoms with E-state index in [2.05, 4.69) is 20.6 Å². The van der Waals surface area contributed by atoms with E-state index in [9.17, 15) is 12.8 Å². The van der Waals surface area contributed by atoms with E-state index < -0.39 is 9.84 Å². The van der Waals surface area contributed by atoms with Gasteiger partial charge in [0.05, 0.1) is 5.75 Å². The van der Waals surface area contributed by atoms with Crippen molar-refractivity contribution in [1.29, 1.82) is 0 Å². The largest absolute Gasteiger partial charge is 0.439 e. The standard InChI is InChI=1S/C19H25FN4O3S.HI/c1-14(9-11-28(3,25)26)24-19(21-2)23-13-15-6-5-10-22-18(15)27-17-8-4-7-16(20)12-17;/h4-8,10,12,14H,9,11,13H2,1-3H3,(H2,21,23,24);1H. The Bertz CT molecular complexity index is 925. The zero-order valence-corrected chi connectivity index (χ0v) is 19.7. The molecule has 0 spiro atoms. The van der Waals surface area contributed by atoms with Gasteiger partial charge in [0.2, 0.25) is 5.88 Å². The lowest BCUT2D eigenvalue weighted by molar-refractivity contribution is 0.450. The van der Waals surface area contributed by atoms with E-state index in [1.807, 2.05) is 13.0 Å². The monoisotopic (exact) mass is 536 g/mol. The van der Waals surface area contributed by atoms with Gasteiger partial charge < -0.3 is 15.4 Å². The number of hydrogen-bond donors (Lipinski definition) is 2. The number of aromatic nitrogens is 1. The van der Waals surface area contributed by atoms with Gasteiger partial charge in [-0.1, -0.05) is 12.1 Å². The molecule has 29 heavy (non-hydrogen) atoms. The summed E-state index contributed by atoms with van der Waals surface area (Å²) in [6.07, 6.45) is 3.29. The topological polar surface area (TPSA) is 92.7 Å². The van der Waals surface area contributed by atoms with Crippen molar-refractivity contribution in [3.63, 3.8) is 0 Å². The van der Waals surface area contributed by atoms with E-state index >= 15 is 0 Å². The first-order chi connectivity index (χ1) is 13.3. The van der Waals surface area contributed by atoms with E-state index in [1.54, 1.807) is 31.4 Å². The van der Waals surface area contributed by atoms with Crippen LogP contribution >= 0.6 is 24.0 Å². The molecule has 0 aliphatic carbocycles. The van der Waals surface area contributed by atoms with Crippen LogP contribution in [0.1, 0.15) is 18.9 Å². The fourth-order valence-corrected chi connectivity index (χ4v) is 3.14. The van der Waals surface area contributed by atoms with Crippen LogP contribution in [0.3, 0.4) is 0 Å². The molecule has 1 aromatic heterocycles. The smallest absolute Gasteiger partial charge is 0.224 e. The quantitative estimate of drug-likeness (QED) is 0.306. The van der Waals surface area contributed by atoms with Gasteiger partial charge in [-0.25, -0.2) is 17.8 Å². The number of nitrogens with zero attached hydrogens (tertiary/aromatic N) is 2. The lowest BCUT2D eigenvalue weighted by Gasteiger charge is -2.18. The molecule has 0 aliphatic rings. The minimum atomic E-state index is -3.01. The zero-order chi connectivity index (χ0) is 20.6. The normalized spacial score (nSPS) is 12.6. The molecular weight excluding hydrogens is 510 g/mol. The summed E-state index contributed by atoms with van der Waals surface area (Å²) < 4.78 is 41.6. The summed E-state index contributed by atoms with van der Waals surface area (Å²) in [5, 5.41) is 6.30. The van der Waals surface area contributed by atoms with Gasteiger partial charge in [0.1, 0.15) is 21.4 Å². The number of benzene rings is 1. The molecule has 1 heterocycles. The molecule has 10 heteroatoms. The average Bonchev–Trinajstić information content (AvgIpc) is 2.64. The number of halogens is 2. The summed E-state index contributed by atoms with van der Waals surface area (Å²) in [7, 11) is -1.38. The van der Waals surface area contributed by atoms with Crippen molar-refractivity contribution < 1.29 is 17.5 Å². The van der Waals surface area contributed by atoms with Gasteiger partial charge in [-0.15, -0.1) is 24.0 Å². The molecule has 2 rings (SSSR count). The number of rotatable bonds is 8. The maximum atomic E-state index is 13.4. The van der Waals surface area contributed by atoms with Crippen molar-refractivity contribution in [2.24, 2.45) is 4.99 Å². The van der Waals surface area contributed by atoms with Crippen molar-refractivity contribution in [2.45, 2.75) is 25.9 Å². The van der Waals surface area contributed by atoms with Crippen LogP contribution < -0.4 is 15.4 Å². The number of guanidine groups is 1. The molecule has 1 aromatic carbocycles. The molecule has 0 radical (unpaired) electrons. The number of hydrogen-bond acceptors (Lipinski definition) is 5. The Labute approximate surface area is 188 Å². The van der Waals surface area contributed by atoms with Crippen molar-refractivity contribution >= 4 is 39.8 Å². The third kappa shape index (κ3) is 9.39. The highest BCUT2D eigenvalue weighted by atomic mass is 127. The summed E-state index contributed by atoms with van der Waals surface area (Å²) in [4.78, 5) is 8.36. The highest BCUT2D eigenvalue weighted by Crippen LogP contribution is 2.23. The van der Waals surface area contributed by atoms with Crippen LogP contribution in [-0.2, 0) is 16.4 Å². The van der Waals surface area contributed by atoms with Gasteiger partial charge in [0, 0.05) is 43.7 Å². The van der Waals surface area contributed by atoms with Gasteiger partial charge in [0.25, 0.3) is 0 Å². The molecule has 2 aromatic rings. The lowest BCUT2D eigenvalue weighted by Crippen LogP contribution is -2.42. The summed E-state index contributed by atoms with van der Waals surface area (Å²) >= 11 is 0. The Morgan fingerprint density at radius 3 is 2.72 bits per heavy atom. The van der Waals surface area contributed by atoms with E-state index in [-0.39, 0.29) is 41.6 Å². The zero-order valence-electron chi connectivity index (χ0n) is 16.6. The molecule has 0 amide bonds. The summed E-state index contributed by atoms with van der Waals surface area (Å²) in [6, 6.07) is 9.39. The SMILES string of the molecule is CN=C(NCc1cccnc1Oc1cccc(F)c1)NC(C)CCS(C)(=O)=O.I. The van der Waals surface area contributed by atoms with E-state index in [0.717, 1.165) is 5.56 Å². The molecule has 0 saturated carbocycles. The first-order valence-electron chi connectivity index (χ1n) is 8.79. The summed E-state index contributed by atoms with van der Waals surface area (Å²) in [6.45, 7) is 2.26. The molecule has 160 valence electrons. The maximum Gasteiger partial charge on any atom is 0.224 e. The van der Waals surface area contributed by atoms with Crippen molar-refractivity contribution in [1.82, 2.24) is 15.6 Å². The highest BCUT2D eigenvalue weighted by Gasteiger charge is 2.11. The molecule has 0 bridgehead atoms. The van der Waals surface area contributed by atoms with Gasteiger partial charge >= 0.3 is 0 Å². The van der Waals surface area contributed by atoms with E-state index in [1.165, 1.54) is 18.4 Å². The average molecular weight is 536 g/mol. The Balaban J connectivity index is 0.00000420. The molecule has 2 N–H and O–H groups in total. The first-order valence-corrected chi connectivity index (χ1v) is 10.8. The number of aliphatic imine (C=N–C) groups is 1. The Morgan fingerprint density at radius 2 is 2.07 bits per heavy atom. The van der Waals surface area contributed by atoms with E-state index in [4.69, 9.17) is 4.74 Å². The van der Waals surface area contributed by atoms with Crippen molar-refractivity contribution in [3.8, 4) is 11.6 Å². The Morgan fingerprint density at radius 1 is 1.31 bits per heavy atom. The van der Waals surface area contributed by atoms with Crippen LogP contribution in [0.15, 0.2) is 47.6 Å². The number of sulfone groups is 1. The predicted octanol–water partition coefficient (Wildman–Crippen LogP) is 3.12. The Hall–Kier alpha value is -1.95. The first kappa shape index (κ1) is 25.1. The van der Waals surface area contributed by atoms with Crippen LogP contribution in [0, 0.1) is 5.82 Å².